The fourth-order valence-corrected chi connectivity index (χ4v) is 2.35. The largest absolute Gasteiger partial charge is 0.493 e. The average Bonchev–Trinajstić information content (AvgIpc) is 2.98. The van der Waals surface area contributed by atoms with Crippen molar-refractivity contribution in [2.24, 2.45) is 0 Å². The highest BCUT2D eigenvalue weighted by Gasteiger charge is 2.14. The molecule has 1 aromatic carbocycles. The Bertz CT molecular complexity index is 542. The highest BCUT2D eigenvalue weighted by atomic mass is 16.5. The molecule has 1 heterocycles. The lowest BCUT2D eigenvalue weighted by Gasteiger charge is -2.18. The Morgan fingerprint density at radius 1 is 1.00 bits per heavy atom. The van der Waals surface area contributed by atoms with Crippen LogP contribution in [0.4, 0.5) is 0 Å². The molecule has 0 bridgehead atoms. The van der Waals surface area contributed by atoms with Gasteiger partial charge in [-0.05, 0) is 36.9 Å². The third-order valence-electron chi connectivity index (χ3n) is 3.28. The summed E-state index contributed by atoms with van der Waals surface area (Å²) in [4.78, 5) is 5.42. The third-order valence-corrected chi connectivity index (χ3v) is 3.28. The van der Waals surface area contributed by atoms with Gasteiger partial charge in [0.05, 0.1) is 21.3 Å². The molecule has 0 saturated carbocycles. The van der Waals surface area contributed by atoms with Gasteiger partial charge < -0.3 is 19.2 Å². The molecule has 5 nitrogen and oxygen atoms in total. The fourth-order valence-electron chi connectivity index (χ4n) is 2.35. The minimum Gasteiger partial charge on any atom is -0.493 e. The van der Waals surface area contributed by atoms with Crippen LogP contribution < -0.4 is 14.2 Å². The van der Waals surface area contributed by atoms with Crippen LogP contribution in [0.3, 0.4) is 0 Å². The van der Waals surface area contributed by atoms with E-state index in [1.165, 1.54) is 5.69 Å². The summed E-state index contributed by atoms with van der Waals surface area (Å²) >= 11 is 0. The zero-order chi connectivity index (χ0) is 15.2. The molecule has 5 heteroatoms. The van der Waals surface area contributed by atoms with Crippen molar-refractivity contribution in [3.05, 3.63) is 41.7 Å². The van der Waals surface area contributed by atoms with Crippen LogP contribution in [0, 0.1) is 0 Å². The van der Waals surface area contributed by atoms with Crippen molar-refractivity contribution in [3.63, 3.8) is 0 Å². The van der Waals surface area contributed by atoms with E-state index in [0.717, 1.165) is 18.7 Å². The number of rotatable bonds is 7. The van der Waals surface area contributed by atoms with Crippen molar-refractivity contribution >= 4 is 0 Å². The Balaban J connectivity index is 2.15. The highest BCUT2D eigenvalue weighted by molar-refractivity contribution is 5.53. The maximum atomic E-state index is 5.38. The van der Waals surface area contributed by atoms with Crippen molar-refractivity contribution in [1.29, 1.82) is 0 Å². The highest BCUT2D eigenvalue weighted by Crippen LogP contribution is 2.38. The minimum absolute atomic E-state index is 0.621. The lowest BCUT2D eigenvalue weighted by Crippen LogP contribution is -2.17. The van der Waals surface area contributed by atoms with E-state index < -0.39 is 0 Å². The second-order valence-electron chi connectivity index (χ2n) is 4.90. The van der Waals surface area contributed by atoms with Gasteiger partial charge in [-0.2, -0.15) is 0 Å². The summed E-state index contributed by atoms with van der Waals surface area (Å²) in [7, 11) is 6.94. The Morgan fingerprint density at radius 2 is 1.67 bits per heavy atom. The van der Waals surface area contributed by atoms with Gasteiger partial charge >= 0.3 is 0 Å². The predicted molar refractivity (Wildman–Crippen MR) is 82.1 cm³/mol. The summed E-state index contributed by atoms with van der Waals surface area (Å²) in [6.45, 7) is 1.64. The summed E-state index contributed by atoms with van der Waals surface area (Å²) < 4.78 is 16.1. The zero-order valence-corrected chi connectivity index (χ0v) is 13.0. The summed E-state index contributed by atoms with van der Waals surface area (Å²) in [5, 5.41) is 0. The first-order chi connectivity index (χ1) is 10.2. The molecule has 0 atom stereocenters. The number of nitrogens with one attached hydrogen (secondary N) is 1. The maximum absolute atomic E-state index is 5.38. The van der Waals surface area contributed by atoms with Crippen LogP contribution in [0.1, 0.15) is 11.3 Å². The van der Waals surface area contributed by atoms with Gasteiger partial charge in [0, 0.05) is 25.0 Å². The standard InChI is InChI=1S/C16H22N2O3/c1-18(11-13-6-5-7-17-13)10-12-8-14(19-2)16(21-4)15(9-12)20-3/h5-9,17H,10-11H2,1-4H3. The molecule has 0 spiro atoms. The molecule has 2 rings (SSSR count). The monoisotopic (exact) mass is 290 g/mol. The van der Waals surface area contributed by atoms with E-state index in [-0.39, 0.29) is 0 Å². The second-order valence-corrected chi connectivity index (χ2v) is 4.90. The summed E-state index contributed by atoms with van der Waals surface area (Å²) in [5.74, 6) is 1.98. The van der Waals surface area contributed by atoms with Gasteiger partial charge in [-0.25, -0.2) is 0 Å². The molecule has 1 aromatic heterocycles. The summed E-state index contributed by atoms with van der Waals surface area (Å²) in [6.07, 6.45) is 1.93. The van der Waals surface area contributed by atoms with Gasteiger partial charge in [0.15, 0.2) is 11.5 Å². The number of H-pyrrole nitrogens is 1. The van der Waals surface area contributed by atoms with Crippen molar-refractivity contribution < 1.29 is 14.2 Å². The molecule has 0 amide bonds. The fraction of sp³-hybridized carbons (Fsp3) is 0.375. The first-order valence-corrected chi connectivity index (χ1v) is 6.77. The quantitative estimate of drug-likeness (QED) is 0.851. The maximum Gasteiger partial charge on any atom is 0.203 e. The van der Waals surface area contributed by atoms with Crippen LogP contribution in [-0.2, 0) is 13.1 Å². The lowest BCUT2D eigenvalue weighted by atomic mass is 10.1. The molecule has 21 heavy (non-hydrogen) atoms. The number of aromatic nitrogens is 1. The number of ether oxygens (including phenoxy) is 3. The van der Waals surface area contributed by atoms with Gasteiger partial charge in [0.25, 0.3) is 0 Å². The number of nitrogens with zero attached hydrogens (tertiary/aromatic N) is 1. The molecule has 114 valence electrons. The van der Waals surface area contributed by atoms with Crippen LogP contribution >= 0.6 is 0 Å². The van der Waals surface area contributed by atoms with Gasteiger partial charge in [0.2, 0.25) is 5.75 Å². The summed E-state index contributed by atoms with van der Waals surface area (Å²) in [6, 6.07) is 8.04. The van der Waals surface area contributed by atoms with E-state index in [1.54, 1.807) is 21.3 Å². The molecule has 2 aromatic rings. The van der Waals surface area contributed by atoms with E-state index >= 15 is 0 Å². The normalized spacial score (nSPS) is 10.7. The first-order valence-electron chi connectivity index (χ1n) is 6.77. The molecular formula is C16H22N2O3. The SMILES string of the molecule is COc1cc(CN(C)Cc2ccc[nH]2)cc(OC)c1OC. The van der Waals surface area contributed by atoms with Crippen LogP contribution in [0.25, 0.3) is 0 Å². The summed E-state index contributed by atoms with van der Waals surface area (Å²) in [5.41, 5.74) is 2.29. The van der Waals surface area contributed by atoms with E-state index in [1.807, 2.05) is 24.4 Å². The number of benzene rings is 1. The number of aromatic amines is 1. The zero-order valence-electron chi connectivity index (χ0n) is 13.0. The first kappa shape index (κ1) is 15.3. The molecular weight excluding hydrogens is 268 g/mol. The van der Waals surface area contributed by atoms with Crippen LogP contribution in [0.15, 0.2) is 30.5 Å². The van der Waals surface area contributed by atoms with Crippen molar-refractivity contribution in [3.8, 4) is 17.2 Å². The topological polar surface area (TPSA) is 46.7 Å². The Hall–Kier alpha value is -2.14. The molecule has 0 radical (unpaired) electrons. The molecule has 0 aliphatic rings. The van der Waals surface area contributed by atoms with E-state index in [9.17, 15) is 0 Å². The molecule has 1 N–H and O–H groups in total. The van der Waals surface area contributed by atoms with Gasteiger partial charge in [-0.3, -0.25) is 4.90 Å². The third kappa shape index (κ3) is 3.70. The molecule has 0 aliphatic carbocycles. The number of hydrogen-bond acceptors (Lipinski definition) is 4. The second kappa shape index (κ2) is 7.04. The average molecular weight is 290 g/mol. The van der Waals surface area contributed by atoms with Crippen LogP contribution in [0.5, 0.6) is 17.2 Å². The molecule has 0 fully saturated rings. The van der Waals surface area contributed by atoms with Crippen molar-refractivity contribution in [2.45, 2.75) is 13.1 Å². The van der Waals surface area contributed by atoms with Crippen molar-refractivity contribution in [1.82, 2.24) is 9.88 Å². The Kier molecular flexibility index (Phi) is 5.11. The van der Waals surface area contributed by atoms with Crippen LogP contribution in [-0.4, -0.2) is 38.3 Å². The molecule has 0 unspecified atom stereocenters. The lowest BCUT2D eigenvalue weighted by molar-refractivity contribution is 0.306. The van der Waals surface area contributed by atoms with Crippen molar-refractivity contribution in [2.75, 3.05) is 28.4 Å². The van der Waals surface area contributed by atoms with Gasteiger partial charge in [-0.15, -0.1) is 0 Å². The van der Waals surface area contributed by atoms with E-state index in [0.29, 0.717) is 17.2 Å². The number of hydrogen-bond donors (Lipinski definition) is 1. The van der Waals surface area contributed by atoms with E-state index in [4.69, 9.17) is 14.2 Å². The minimum atomic E-state index is 0.621. The molecule has 0 saturated heterocycles. The Morgan fingerprint density at radius 3 is 2.14 bits per heavy atom. The van der Waals surface area contributed by atoms with Crippen LogP contribution in [0.2, 0.25) is 0 Å². The predicted octanol–water partition coefficient (Wildman–Crippen LogP) is 2.67. The number of methoxy groups -OCH3 is 3. The van der Waals surface area contributed by atoms with Gasteiger partial charge in [-0.1, -0.05) is 0 Å². The molecule has 0 aliphatic heterocycles. The Labute approximate surface area is 125 Å². The smallest absolute Gasteiger partial charge is 0.203 e. The van der Waals surface area contributed by atoms with Gasteiger partial charge in [0.1, 0.15) is 0 Å². The van der Waals surface area contributed by atoms with E-state index in [2.05, 4.69) is 23.0 Å².